The molecule has 12 heavy (non-hydrogen) atoms. The summed E-state index contributed by atoms with van der Waals surface area (Å²) in [6, 6.07) is 0. The molecule has 3 atom stereocenters. The molecular weight excluding hydrogens is 148 g/mol. The van der Waals surface area contributed by atoms with Crippen molar-refractivity contribution in [3.63, 3.8) is 0 Å². The largest absolute Gasteiger partial charge is 0.299 e. The summed E-state index contributed by atoms with van der Waals surface area (Å²) in [4.78, 5) is 11.5. The fraction of sp³-hybridized carbons (Fsp3) is 0.545. The van der Waals surface area contributed by atoms with Gasteiger partial charge >= 0.3 is 0 Å². The zero-order valence-corrected chi connectivity index (χ0v) is 7.63. The molecule has 2 aliphatic carbocycles. The average Bonchev–Trinajstić information content (AvgIpc) is 2.55. The van der Waals surface area contributed by atoms with Crippen LogP contribution in [0.15, 0.2) is 24.3 Å². The lowest BCUT2D eigenvalue weighted by atomic mass is 9.72. The highest BCUT2D eigenvalue weighted by atomic mass is 16.1. The van der Waals surface area contributed by atoms with E-state index in [0.29, 0.717) is 11.8 Å². The summed E-state index contributed by atoms with van der Waals surface area (Å²) >= 11 is 0. The van der Waals surface area contributed by atoms with Gasteiger partial charge in [-0.05, 0) is 32.1 Å². The lowest BCUT2D eigenvalue weighted by molar-refractivity contribution is -0.124. The Kier molecular flexibility index (Phi) is 1.36. The van der Waals surface area contributed by atoms with Gasteiger partial charge in [-0.2, -0.15) is 0 Å². The minimum absolute atomic E-state index is 0.251. The van der Waals surface area contributed by atoms with Gasteiger partial charge < -0.3 is 0 Å². The van der Waals surface area contributed by atoms with Crippen LogP contribution in [0, 0.1) is 17.3 Å². The number of Topliss-reactive ketones (excluding diaryl/α,β-unsaturated/α-hetero) is 1. The van der Waals surface area contributed by atoms with Crippen molar-refractivity contribution in [3.8, 4) is 0 Å². The third-order valence-electron chi connectivity index (χ3n) is 3.67. The quantitative estimate of drug-likeness (QED) is 0.541. The van der Waals surface area contributed by atoms with E-state index in [2.05, 4.69) is 18.7 Å². The summed E-state index contributed by atoms with van der Waals surface area (Å²) in [6.45, 7) is 7.75. The highest BCUT2D eigenvalue weighted by Crippen LogP contribution is 2.55. The van der Waals surface area contributed by atoms with E-state index in [-0.39, 0.29) is 11.2 Å². The van der Waals surface area contributed by atoms with Crippen molar-refractivity contribution in [1.29, 1.82) is 0 Å². The van der Waals surface area contributed by atoms with Gasteiger partial charge in [-0.3, -0.25) is 4.79 Å². The van der Waals surface area contributed by atoms with Crippen LogP contribution in [0.4, 0.5) is 0 Å². The summed E-state index contributed by atoms with van der Waals surface area (Å²) in [5.74, 6) is 1.17. The van der Waals surface area contributed by atoms with E-state index < -0.39 is 0 Å². The third kappa shape index (κ3) is 0.669. The molecule has 0 aromatic heterocycles. The molecule has 0 saturated heterocycles. The Morgan fingerprint density at radius 2 is 2.33 bits per heavy atom. The average molecular weight is 162 g/mol. The first-order chi connectivity index (χ1) is 5.56. The van der Waals surface area contributed by atoms with Gasteiger partial charge in [0.25, 0.3) is 0 Å². The van der Waals surface area contributed by atoms with Crippen LogP contribution in [-0.4, -0.2) is 5.78 Å². The summed E-state index contributed by atoms with van der Waals surface area (Å²) in [5.41, 5.74) is 0.877. The molecule has 0 radical (unpaired) electrons. The van der Waals surface area contributed by atoms with Crippen molar-refractivity contribution < 1.29 is 4.79 Å². The molecule has 0 aromatic carbocycles. The zero-order valence-electron chi connectivity index (χ0n) is 7.63. The topological polar surface area (TPSA) is 17.1 Å². The summed E-state index contributed by atoms with van der Waals surface area (Å²) in [6.07, 6.45) is 5.48. The van der Waals surface area contributed by atoms with Gasteiger partial charge in [0.2, 0.25) is 0 Å². The van der Waals surface area contributed by atoms with Gasteiger partial charge in [0.05, 0.1) is 5.41 Å². The Balaban J connectivity index is 2.46. The smallest absolute Gasteiger partial charge is 0.140 e. The highest BCUT2D eigenvalue weighted by molar-refractivity contribution is 5.87. The van der Waals surface area contributed by atoms with Gasteiger partial charge in [0.1, 0.15) is 5.78 Å². The second-order valence-corrected chi connectivity index (χ2v) is 4.12. The Labute approximate surface area is 73.2 Å². The van der Waals surface area contributed by atoms with Gasteiger partial charge in [0.15, 0.2) is 0 Å². The van der Waals surface area contributed by atoms with Crippen molar-refractivity contribution in [1.82, 2.24) is 0 Å². The van der Waals surface area contributed by atoms with Gasteiger partial charge in [-0.1, -0.05) is 24.3 Å². The molecule has 0 aliphatic heterocycles. The van der Waals surface area contributed by atoms with Crippen molar-refractivity contribution in [2.24, 2.45) is 17.3 Å². The Bertz CT molecular complexity index is 287. The van der Waals surface area contributed by atoms with Crippen molar-refractivity contribution in [2.75, 3.05) is 0 Å². The van der Waals surface area contributed by atoms with E-state index in [4.69, 9.17) is 0 Å². The van der Waals surface area contributed by atoms with E-state index >= 15 is 0 Å². The standard InChI is InChI=1S/C11H14O/c1-7-9-4-5-10(6-9)11(7,3)8(2)12/h4-5,9-10H,1,6H2,2-3H3. The predicted molar refractivity (Wildman–Crippen MR) is 48.7 cm³/mol. The van der Waals surface area contributed by atoms with Crippen LogP contribution in [0.25, 0.3) is 0 Å². The first-order valence-electron chi connectivity index (χ1n) is 4.45. The molecule has 0 aromatic rings. The number of allylic oxidation sites excluding steroid dienone is 3. The van der Waals surface area contributed by atoms with Gasteiger partial charge in [-0.15, -0.1) is 0 Å². The second-order valence-electron chi connectivity index (χ2n) is 4.12. The molecule has 2 rings (SSSR count). The van der Waals surface area contributed by atoms with Crippen molar-refractivity contribution in [3.05, 3.63) is 24.3 Å². The molecular formula is C11H14O. The lowest BCUT2D eigenvalue weighted by Gasteiger charge is -2.30. The number of carbonyl (C=O) groups excluding carboxylic acids is 1. The van der Waals surface area contributed by atoms with Crippen molar-refractivity contribution >= 4 is 5.78 Å². The predicted octanol–water partition coefficient (Wildman–Crippen LogP) is 2.34. The zero-order chi connectivity index (χ0) is 8.93. The van der Waals surface area contributed by atoms with Gasteiger partial charge in [0, 0.05) is 0 Å². The number of hydrogen-bond acceptors (Lipinski definition) is 1. The lowest BCUT2D eigenvalue weighted by Crippen LogP contribution is -2.31. The molecule has 0 spiro atoms. The van der Waals surface area contributed by atoms with Crippen LogP contribution < -0.4 is 0 Å². The normalized spacial score (nSPS) is 44.0. The Hall–Kier alpha value is -0.850. The molecule has 2 bridgehead atoms. The number of rotatable bonds is 1. The summed E-state index contributed by atoms with van der Waals surface area (Å²) < 4.78 is 0. The molecule has 3 unspecified atom stereocenters. The maximum absolute atomic E-state index is 11.5. The fourth-order valence-electron chi connectivity index (χ4n) is 2.50. The first-order valence-corrected chi connectivity index (χ1v) is 4.45. The summed E-state index contributed by atoms with van der Waals surface area (Å²) in [7, 11) is 0. The van der Waals surface area contributed by atoms with Crippen LogP contribution in [0.1, 0.15) is 20.3 Å². The van der Waals surface area contributed by atoms with Crippen LogP contribution in [0.3, 0.4) is 0 Å². The summed E-state index contributed by atoms with van der Waals surface area (Å²) in [5, 5.41) is 0. The van der Waals surface area contributed by atoms with E-state index in [1.165, 1.54) is 0 Å². The van der Waals surface area contributed by atoms with Crippen LogP contribution in [0.2, 0.25) is 0 Å². The second kappa shape index (κ2) is 2.09. The first kappa shape index (κ1) is 7.78. The molecule has 0 heterocycles. The number of carbonyl (C=O) groups is 1. The maximum atomic E-state index is 11.5. The molecule has 1 heteroatoms. The minimum atomic E-state index is -0.251. The van der Waals surface area contributed by atoms with Crippen molar-refractivity contribution in [2.45, 2.75) is 20.3 Å². The molecule has 0 N–H and O–H groups in total. The van der Waals surface area contributed by atoms with Crippen LogP contribution in [0.5, 0.6) is 0 Å². The van der Waals surface area contributed by atoms with E-state index in [9.17, 15) is 4.79 Å². The molecule has 64 valence electrons. The Morgan fingerprint density at radius 3 is 2.67 bits per heavy atom. The fourth-order valence-corrected chi connectivity index (χ4v) is 2.50. The highest BCUT2D eigenvalue weighted by Gasteiger charge is 2.50. The number of ketones is 1. The van der Waals surface area contributed by atoms with Gasteiger partial charge in [-0.25, -0.2) is 0 Å². The molecule has 1 fully saturated rings. The van der Waals surface area contributed by atoms with Crippen LogP contribution >= 0.6 is 0 Å². The monoisotopic (exact) mass is 162 g/mol. The van der Waals surface area contributed by atoms with Crippen LogP contribution in [-0.2, 0) is 4.79 Å². The SMILES string of the molecule is C=C1C2C=CC(C2)C1(C)C(C)=O. The molecule has 0 amide bonds. The maximum Gasteiger partial charge on any atom is 0.140 e. The minimum Gasteiger partial charge on any atom is -0.299 e. The van der Waals surface area contributed by atoms with E-state index in [1.807, 2.05) is 6.92 Å². The number of fused-ring (bicyclic) bond motifs is 2. The molecule has 2 aliphatic rings. The number of hydrogen-bond donors (Lipinski definition) is 0. The third-order valence-corrected chi connectivity index (χ3v) is 3.67. The molecule has 1 saturated carbocycles. The molecule has 1 nitrogen and oxygen atoms in total. The van der Waals surface area contributed by atoms with E-state index in [0.717, 1.165) is 12.0 Å². The Morgan fingerprint density at radius 1 is 1.67 bits per heavy atom. The van der Waals surface area contributed by atoms with E-state index in [1.54, 1.807) is 6.92 Å².